The highest BCUT2D eigenvalue weighted by Gasteiger charge is 2.31. The number of carbonyl (C=O) groups excluding carboxylic acids is 1. The second kappa shape index (κ2) is 5.72. The summed E-state index contributed by atoms with van der Waals surface area (Å²) in [6, 6.07) is 2.26. The average molecular weight is 315 g/mol. The first-order valence-corrected chi connectivity index (χ1v) is 6.84. The SMILES string of the molecule is CC(NC(=O)c1cc(C(F)(F)F)ccc1N)c1nccs1. The fourth-order valence-electron chi connectivity index (χ4n) is 1.71. The molecule has 1 heterocycles. The maximum atomic E-state index is 12.7. The molecule has 0 saturated heterocycles. The van der Waals surface area contributed by atoms with Gasteiger partial charge in [-0.1, -0.05) is 0 Å². The first kappa shape index (κ1) is 15.3. The first-order valence-electron chi connectivity index (χ1n) is 5.96. The standard InChI is InChI=1S/C13H12F3N3OS/c1-7(12-18-4-5-21-12)19-11(20)9-6-8(13(14,15)16)2-3-10(9)17/h2-7H,17H2,1H3,(H,19,20). The largest absolute Gasteiger partial charge is 0.416 e. The number of amides is 1. The van der Waals surface area contributed by atoms with Gasteiger partial charge in [0.15, 0.2) is 0 Å². The van der Waals surface area contributed by atoms with Gasteiger partial charge >= 0.3 is 6.18 Å². The number of nitrogen functional groups attached to an aromatic ring is 1. The summed E-state index contributed by atoms with van der Waals surface area (Å²) < 4.78 is 38.0. The third kappa shape index (κ3) is 3.52. The monoisotopic (exact) mass is 315 g/mol. The summed E-state index contributed by atoms with van der Waals surface area (Å²) in [7, 11) is 0. The van der Waals surface area contributed by atoms with Crippen LogP contribution in [-0.2, 0) is 6.18 Å². The zero-order valence-electron chi connectivity index (χ0n) is 10.9. The lowest BCUT2D eigenvalue weighted by molar-refractivity contribution is -0.137. The van der Waals surface area contributed by atoms with Crippen molar-refractivity contribution in [2.45, 2.75) is 19.1 Å². The Hall–Kier alpha value is -2.09. The van der Waals surface area contributed by atoms with Crippen LogP contribution in [0, 0.1) is 0 Å². The van der Waals surface area contributed by atoms with Gasteiger partial charge in [0.05, 0.1) is 17.2 Å². The summed E-state index contributed by atoms with van der Waals surface area (Å²) in [5.74, 6) is -0.665. The molecule has 0 bridgehead atoms. The van der Waals surface area contributed by atoms with Crippen LogP contribution in [0.3, 0.4) is 0 Å². The molecular weight excluding hydrogens is 303 g/mol. The quantitative estimate of drug-likeness (QED) is 0.855. The zero-order chi connectivity index (χ0) is 15.6. The Morgan fingerprint density at radius 2 is 2.14 bits per heavy atom. The number of thiazole rings is 1. The smallest absolute Gasteiger partial charge is 0.398 e. The number of alkyl halides is 3. The van der Waals surface area contributed by atoms with Crippen LogP contribution in [0.4, 0.5) is 18.9 Å². The molecule has 0 aliphatic heterocycles. The highest BCUT2D eigenvalue weighted by molar-refractivity contribution is 7.09. The molecule has 0 aliphatic carbocycles. The lowest BCUT2D eigenvalue weighted by Crippen LogP contribution is -2.27. The summed E-state index contributed by atoms with van der Waals surface area (Å²) in [5, 5.41) is 4.99. The van der Waals surface area contributed by atoms with Crippen molar-refractivity contribution >= 4 is 22.9 Å². The van der Waals surface area contributed by atoms with Crippen LogP contribution < -0.4 is 11.1 Å². The number of hydrogen-bond donors (Lipinski definition) is 2. The van der Waals surface area contributed by atoms with Gasteiger partial charge in [-0.15, -0.1) is 11.3 Å². The molecule has 2 aromatic rings. The van der Waals surface area contributed by atoms with E-state index in [0.29, 0.717) is 5.01 Å². The lowest BCUT2D eigenvalue weighted by Gasteiger charge is -2.14. The third-order valence-corrected chi connectivity index (χ3v) is 3.75. The maximum Gasteiger partial charge on any atom is 0.416 e. The molecule has 1 amide bonds. The molecule has 8 heteroatoms. The minimum absolute atomic E-state index is 0.00756. The molecule has 3 N–H and O–H groups in total. The number of nitrogens with zero attached hydrogens (tertiary/aromatic N) is 1. The Kier molecular flexibility index (Phi) is 4.17. The average Bonchev–Trinajstić information content (AvgIpc) is 2.91. The van der Waals surface area contributed by atoms with Gasteiger partial charge in [0.1, 0.15) is 5.01 Å². The molecule has 112 valence electrons. The summed E-state index contributed by atoms with van der Waals surface area (Å²) in [5.41, 5.74) is 4.47. The summed E-state index contributed by atoms with van der Waals surface area (Å²) >= 11 is 1.34. The molecule has 0 fully saturated rings. The van der Waals surface area contributed by atoms with Crippen LogP contribution in [0.25, 0.3) is 0 Å². The topological polar surface area (TPSA) is 68.0 Å². The van der Waals surface area contributed by atoms with E-state index in [1.807, 2.05) is 0 Å². The number of nitrogens with two attached hydrogens (primary N) is 1. The molecule has 1 unspecified atom stereocenters. The summed E-state index contributed by atoms with van der Waals surface area (Å²) in [6.45, 7) is 1.69. The minimum atomic E-state index is -4.52. The molecule has 0 saturated carbocycles. The van der Waals surface area contributed by atoms with Crippen LogP contribution in [0.1, 0.15) is 33.9 Å². The van der Waals surface area contributed by atoms with E-state index in [1.165, 1.54) is 11.3 Å². The number of anilines is 1. The van der Waals surface area contributed by atoms with E-state index in [-0.39, 0.29) is 11.3 Å². The molecule has 1 aromatic heterocycles. The van der Waals surface area contributed by atoms with Crippen LogP contribution in [-0.4, -0.2) is 10.9 Å². The van der Waals surface area contributed by atoms with Gasteiger partial charge in [-0.3, -0.25) is 4.79 Å². The molecule has 0 spiro atoms. The fourth-order valence-corrected chi connectivity index (χ4v) is 2.36. The predicted octanol–water partition coefficient (Wildman–Crippen LogP) is 3.24. The minimum Gasteiger partial charge on any atom is -0.398 e. The van der Waals surface area contributed by atoms with Crippen molar-refractivity contribution in [3.63, 3.8) is 0 Å². The highest BCUT2D eigenvalue weighted by Crippen LogP contribution is 2.31. The van der Waals surface area contributed by atoms with Crippen LogP contribution in [0.5, 0.6) is 0 Å². The van der Waals surface area contributed by atoms with Crippen LogP contribution >= 0.6 is 11.3 Å². The van der Waals surface area contributed by atoms with Gasteiger partial charge in [-0.25, -0.2) is 4.98 Å². The number of aromatic nitrogens is 1. The van der Waals surface area contributed by atoms with Crippen molar-refractivity contribution in [1.29, 1.82) is 0 Å². The van der Waals surface area contributed by atoms with E-state index in [2.05, 4.69) is 10.3 Å². The molecule has 1 atom stereocenters. The second-order valence-electron chi connectivity index (χ2n) is 4.37. The number of hydrogen-bond acceptors (Lipinski definition) is 4. The number of nitrogens with one attached hydrogen (secondary N) is 1. The maximum absolute atomic E-state index is 12.7. The van der Waals surface area contributed by atoms with Gasteiger partial charge in [-0.05, 0) is 25.1 Å². The van der Waals surface area contributed by atoms with Crippen LogP contribution in [0.2, 0.25) is 0 Å². The Balaban J connectivity index is 2.23. The third-order valence-electron chi connectivity index (χ3n) is 2.79. The molecule has 1 aromatic carbocycles. The normalized spacial score (nSPS) is 13.0. The Labute approximate surface area is 122 Å². The molecule has 4 nitrogen and oxygen atoms in total. The van der Waals surface area contributed by atoms with E-state index >= 15 is 0 Å². The Morgan fingerprint density at radius 1 is 1.43 bits per heavy atom. The number of halogens is 3. The first-order chi connectivity index (χ1) is 9.79. The van der Waals surface area contributed by atoms with Crippen molar-refractivity contribution in [3.05, 3.63) is 45.9 Å². The van der Waals surface area contributed by atoms with E-state index in [1.54, 1.807) is 18.5 Å². The van der Waals surface area contributed by atoms with E-state index in [9.17, 15) is 18.0 Å². The van der Waals surface area contributed by atoms with Crippen molar-refractivity contribution in [2.75, 3.05) is 5.73 Å². The van der Waals surface area contributed by atoms with Gasteiger partial charge in [0.25, 0.3) is 5.91 Å². The fraction of sp³-hybridized carbons (Fsp3) is 0.231. The predicted molar refractivity (Wildman–Crippen MR) is 73.9 cm³/mol. The highest BCUT2D eigenvalue weighted by atomic mass is 32.1. The molecule has 21 heavy (non-hydrogen) atoms. The molecule has 2 rings (SSSR count). The summed E-state index contributed by atoms with van der Waals surface area (Å²) in [4.78, 5) is 16.1. The van der Waals surface area contributed by atoms with Crippen molar-refractivity contribution in [1.82, 2.24) is 10.3 Å². The van der Waals surface area contributed by atoms with Gasteiger partial charge < -0.3 is 11.1 Å². The number of rotatable bonds is 3. The van der Waals surface area contributed by atoms with Crippen molar-refractivity contribution in [2.24, 2.45) is 0 Å². The van der Waals surface area contributed by atoms with E-state index < -0.39 is 23.7 Å². The second-order valence-corrected chi connectivity index (χ2v) is 5.29. The van der Waals surface area contributed by atoms with Gasteiger partial charge in [-0.2, -0.15) is 13.2 Å². The molecule has 0 radical (unpaired) electrons. The molecular formula is C13H12F3N3OS. The number of benzene rings is 1. The number of carbonyl (C=O) groups is 1. The van der Waals surface area contributed by atoms with Gasteiger partial charge in [0.2, 0.25) is 0 Å². The lowest BCUT2D eigenvalue weighted by atomic mass is 10.1. The molecule has 0 aliphatic rings. The zero-order valence-corrected chi connectivity index (χ0v) is 11.8. The van der Waals surface area contributed by atoms with Crippen molar-refractivity contribution < 1.29 is 18.0 Å². The summed E-state index contributed by atoms with van der Waals surface area (Å²) in [6.07, 6.45) is -2.94. The van der Waals surface area contributed by atoms with Crippen molar-refractivity contribution in [3.8, 4) is 0 Å². The Morgan fingerprint density at radius 3 is 2.71 bits per heavy atom. The van der Waals surface area contributed by atoms with Crippen LogP contribution in [0.15, 0.2) is 29.8 Å². The Bertz CT molecular complexity index is 641. The van der Waals surface area contributed by atoms with E-state index in [4.69, 9.17) is 5.73 Å². The van der Waals surface area contributed by atoms with Gasteiger partial charge in [0, 0.05) is 17.3 Å². The van der Waals surface area contributed by atoms with E-state index in [0.717, 1.165) is 18.2 Å².